The van der Waals surface area contributed by atoms with E-state index < -0.39 is 11.6 Å². The number of fused-ring (bicyclic) bond motifs is 1. The highest BCUT2D eigenvalue weighted by Crippen LogP contribution is 2.31. The normalized spacial score (nSPS) is 13.5. The van der Waals surface area contributed by atoms with Gasteiger partial charge in [-0.15, -0.1) is 0 Å². The maximum absolute atomic E-state index is 12.7. The van der Waals surface area contributed by atoms with E-state index >= 15 is 0 Å². The second-order valence-corrected chi connectivity index (χ2v) is 7.92. The van der Waals surface area contributed by atoms with Crippen LogP contribution in [0.25, 0.3) is 0 Å². The molecule has 6 nitrogen and oxygen atoms in total. The fourth-order valence-corrected chi connectivity index (χ4v) is 3.41. The van der Waals surface area contributed by atoms with E-state index in [1.165, 1.54) is 4.90 Å². The number of nitrogens with zero attached hydrogens (tertiary/aromatic N) is 1. The average molecular weight is 379 g/mol. The zero-order chi connectivity index (χ0) is 20.6. The molecule has 2 aromatic rings. The number of nitrogens with one attached hydrogen (secondary N) is 2. The molecule has 2 N–H and O–H groups in total. The van der Waals surface area contributed by atoms with Gasteiger partial charge < -0.3 is 10.6 Å². The molecule has 0 saturated carbocycles. The molecule has 0 aromatic heterocycles. The fourth-order valence-electron chi connectivity index (χ4n) is 3.41. The Kier molecular flexibility index (Phi) is 4.98. The smallest absolute Gasteiger partial charge is 0.308 e. The lowest BCUT2D eigenvalue weighted by atomic mass is 10.1. The number of urea groups is 1. The van der Waals surface area contributed by atoms with E-state index in [1.807, 2.05) is 52.8 Å². The number of rotatable bonds is 3. The number of anilines is 2. The average Bonchev–Trinajstić information content (AvgIpc) is 2.87. The molecule has 146 valence electrons. The molecule has 3 rings (SSSR count). The molecule has 0 spiro atoms. The van der Waals surface area contributed by atoms with Gasteiger partial charge >= 0.3 is 6.03 Å². The Morgan fingerprint density at radius 1 is 1.00 bits per heavy atom. The van der Waals surface area contributed by atoms with Crippen LogP contribution in [0.5, 0.6) is 0 Å². The number of para-hydroxylation sites is 1. The molecule has 4 amide bonds. The summed E-state index contributed by atoms with van der Waals surface area (Å²) in [4.78, 5) is 39.0. The molecule has 1 heterocycles. The lowest BCUT2D eigenvalue weighted by Gasteiger charge is -2.29. The van der Waals surface area contributed by atoms with E-state index in [1.54, 1.807) is 18.2 Å². The van der Waals surface area contributed by atoms with Crippen LogP contribution in [0.2, 0.25) is 0 Å². The molecule has 1 aliphatic heterocycles. The highest BCUT2D eigenvalue weighted by Gasteiger charge is 2.41. The van der Waals surface area contributed by atoms with Gasteiger partial charge in [-0.2, -0.15) is 0 Å². The van der Waals surface area contributed by atoms with Gasteiger partial charge in [0.25, 0.3) is 11.8 Å². The number of benzene rings is 2. The molecule has 0 radical (unpaired) electrons. The molecule has 1 aliphatic rings. The molecule has 0 aliphatic carbocycles. The second kappa shape index (κ2) is 7.11. The molecular weight excluding hydrogens is 354 g/mol. The van der Waals surface area contributed by atoms with Crippen LogP contribution >= 0.6 is 0 Å². The molecule has 28 heavy (non-hydrogen) atoms. The molecule has 0 atom stereocenters. The zero-order valence-corrected chi connectivity index (χ0v) is 16.8. The monoisotopic (exact) mass is 379 g/mol. The van der Waals surface area contributed by atoms with Crippen LogP contribution in [0.3, 0.4) is 0 Å². The van der Waals surface area contributed by atoms with Crippen LogP contribution in [-0.2, 0) is 6.42 Å². The topological polar surface area (TPSA) is 78.5 Å². The van der Waals surface area contributed by atoms with Crippen molar-refractivity contribution in [1.29, 1.82) is 0 Å². The van der Waals surface area contributed by atoms with Crippen LogP contribution < -0.4 is 10.6 Å². The summed E-state index contributed by atoms with van der Waals surface area (Å²) in [5.41, 5.74) is 3.32. The summed E-state index contributed by atoms with van der Waals surface area (Å²) in [7, 11) is 0. The van der Waals surface area contributed by atoms with Crippen molar-refractivity contribution in [2.45, 2.75) is 46.6 Å². The van der Waals surface area contributed by atoms with Crippen molar-refractivity contribution in [2.75, 3.05) is 10.6 Å². The SMILES string of the molecule is CCc1cccc(C)c1NC(=O)Nc1ccc2c(c1)C(=O)N(C(C)(C)C)C2=O. The van der Waals surface area contributed by atoms with Gasteiger partial charge in [-0.3, -0.25) is 14.5 Å². The van der Waals surface area contributed by atoms with Gasteiger partial charge in [0.05, 0.1) is 11.1 Å². The zero-order valence-electron chi connectivity index (χ0n) is 16.8. The lowest BCUT2D eigenvalue weighted by Crippen LogP contribution is -2.45. The number of hydrogen-bond acceptors (Lipinski definition) is 3. The first-order valence-electron chi connectivity index (χ1n) is 9.33. The summed E-state index contributed by atoms with van der Waals surface area (Å²) < 4.78 is 0. The number of amides is 4. The minimum absolute atomic E-state index is 0.308. The van der Waals surface area contributed by atoms with E-state index in [0.29, 0.717) is 16.8 Å². The predicted molar refractivity (Wildman–Crippen MR) is 110 cm³/mol. The fraction of sp³-hybridized carbons (Fsp3) is 0.318. The quantitative estimate of drug-likeness (QED) is 0.765. The van der Waals surface area contributed by atoms with Gasteiger partial charge in [0.15, 0.2) is 0 Å². The largest absolute Gasteiger partial charge is 0.323 e. The Bertz CT molecular complexity index is 973. The summed E-state index contributed by atoms with van der Waals surface area (Å²) in [5.74, 6) is -0.653. The number of imide groups is 1. The van der Waals surface area contributed by atoms with E-state index in [9.17, 15) is 14.4 Å². The van der Waals surface area contributed by atoms with Crippen molar-refractivity contribution in [3.63, 3.8) is 0 Å². The summed E-state index contributed by atoms with van der Waals surface area (Å²) in [6.45, 7) is 9.41. The Labute approximate surface area is 164 Å². The number of hydrogen-bond donors (Lipinski definition) is 2. The van der Waals surface area contributed by atoms with Crippen LogP contribution in [0.4, 0.5) is 16.2 Å². The third-order valence-electron chi connectivity index (χ3n) is 4.79. The van der Waals surface area contributed by atoms with E-state index in [0.717, 1.165) is 23.2 Å². The highest BCUT2D eigenvalue weighted by atomic mass is 16.2. The number of carbonyl (C=O) groups excluding carboxylic acids is 3. The summed E-state index contributed by atoms with van der Waals surface area (Å²) in [6, 6.07) is 10.3. The Morgan fingerprint density at radius 3 is 2.32 bits per heavy atom. The van der Waals surface area contributed by atoms with Gasteiger partial charge in [-0.1, -0.05) is 25.1 Å². The van der Waals surface area contributed by atoms with E-state index in [4.69, 9.17) is 0 Å². The van der Waals surface area contributed by atoms with Gasteiger partial charge in [0.2, 0.25) is 0 Å². The lowest BCUT2D eigenvalue weighted by molar-refractivity contribution is 0.0507. The molecular formula is C22H25N3O3. The van der Waals surface area contributed by atoms with E-state index in [2.05, 4.69) is 10.6 Å². The summed E-state index contributed by atoms with van der Waals surface area (Å²) in [6.07, 6.45) is 0.801. The Balaban J connectivity index is 1.81. The van der Waals surface area contributed by atoms with Crippen molar-refractivity contribution in [3.05, 3.63) is 58.7 Å². The number of aryl methyl sites for hydroxylation is 2. The maximum atomic E-state index is 12.7. The van der Waals surface area contributed by atoms with Crippen molar-refractivity contribution in [3.8, 4) is 0 Å². The van der Waals surface area contributed by atoms with Gasteiger partial charge in [-0.05, 0) is 63.4 Å². The summed E-state index contributed by atoms with van der Waals surface area (Å²) in [5, 5.41) is 5.64. The first-order valence-corrected chi connectivity index (χ1v) is 9.33. The van der Waals surface area contributed by atoms with Crippen LogP contribution in [-0.4, -0.2) is 28.3 Å². The molecule has 0 unspecified atom stereocenters. The number of carbonyl (C=O) groups is 3. The molecule has 6 heteroatoms. The first-order chi connectivity index (χ1) is 13.1. The molecule has 0 bridgehead atoms. The Morgan fingerprint density at radius 2 is 1.68 bits per heavy atom. The molecule has 0 saturated heterocycles. The van der Waals surface area contributed by atoms with Crippen molar-refractivity contribution < 1.29 is 14.4 Å². The van der Waals surface area contributed by atoms with E-state index in [-0.39, 0.29) is 11.8 Å². The van der Waals surface area contributed by atoms with Crippen molar-refractivity contribution in [1.82, 2.24) is 4.90 Å². The van der Waals surface area contributed by atoms with Crippen molar-refractivity contribution >= 4 is 29.2 Å². The van der Waals surface area contributed by atoms with Gasteiger partial charge in [0, 0.05) is 16.9 Å². The van der Waals surface area contributed by atoms with Crippen LogP contribution in [0.1, 0.15) is 59.5 Å². The molecule has 2 aromatic carbocycles. The van der Waals surface area contributed by atoms with Crippen LogP contribution in [0.15, 0.2) is 36.4 Å². The predicted octanol–water partition coefficient (Wildman–Crippen LogP) is 4.60. The summed E-state index contributed by atoms with van der Waals surface area (Å²) >= 11 is 0. The van der Waals surface area contributed by atoms with Gasteiger partial charge in [-0.25, -0.2) is 4.79 Å². The first kappa shape index (κ1) is 19.6. The standard InChI is InChI=1S/C22H25N3O3/c1-6-14-9-7-8-13(2)18(14)24-21(28)23-15-10-11-16-17(12-15)20(27)25(19(16)26)22(3,4)5/h7-12H,6H2,1-5H3,(H2,23,24,28). The molecule has 0 fully saturated rings. The highest BCUT2D eigenvalue weighted by molar-refractivity contribution is 6.22. The minimum Gasteiger partial charge on any atom is -0.308 e. The maximum Gasteiger partial charge on any atom is 0.323 e. The second-order valence-electron chi connectivity index (χ2n) is 7.92. The Hall–Kier alpha value is -3.15. The minimum atomic E-state index is -0.612. The third kappa shape index (κ3) is 3.50. The van der Waals surface area contributed by atoms with Gasteiger partial charge in [0.1, 0.15) is 0 Å². The third-order valence-corrected chi connectivity index (χ3v) is 4.79. The van der Waals surface area contributed by atoms with Crippen molar-refractivity contribution in [2.24, 2.45) is 0 Å². The van der Waals surface area contributed by atoms with Crippen LogP contribution in [0, 0.1) is 6.92 Å².